The molecular formula is C25H28N8OS. The topological polar surface area (TPSA) is 102 Å². The number of amides is 2. The van der Waals surface area contributed by atoms with Gasteiger partial charge in [0.1, 0.15) is 29.3 Å². The first kappa shape index (κ1) is 24.1. The number of urea groups is 1. The first-order valence-corrected chi connectivity index (χ1v) is 11.7. The van der Waals surface area contributed by atoms with Crippen molar-refractivity contribution in [3.05, 3.63) is 84.2 Å². The molecule has 2 heterocycles. The first-order chi connectivity index (χ1) is 16.8. The van der Waals surface area contributed by atoms with Crippen molar-refractivity contribution in [1.29, 1.82) is 5.41 Å². The van der Waals surface area contributed by atoms with Crippen LogP contribution < -0.4 is 10.6 Å². The van der Waals surface area contributed by atoms with Crippen molar-refractivity contribution in [2.24, 2.45) is 5.92 Å². The number of para-hydroxylation sites is 1. The van der Waals surface area contributed by atoms with Crippen LogP contribution in [0.2, 0.25) is 0 Å². The van der Waals surface area contributed by atoms with E-state index in [0.29, 0.717) is 29.5 Å². The van der Waals surface area contributed by atoms with Crippen LogP contribution >= 0.6 is 12.2 Å². The van der Waals surface area contributed by atoms with Gasteiger partial charge < -0.3 is 10.6 Å². The van der Waals surface area contributed by atoms with Gasteiger partial charge in [-0.05, 0) is 35.7 Å². The monoisotopic (exact) mass is 488 g/mol. The summed E-state index contributed by atoms with van der Waals surface area (Å²) in [5.74, 6) is 0.849. The van der Waals surface area contributed by atoms with E-state index in [9.17, 15) is 4.79 Å². The molecule has 2 amide bonds. The van der Waals surface area contributed by atoms with Crippen LogP contribution in [0.1, 0.15) is 19.4 Å². The van der Waals surface area contributed by atoms with Gasteiger partial charge in [-0.1, -0.05) is 56.4 Å². The molecule has 0 unspecified atom stereocenters. The summed E-state index contributed by atoms with van der Waals surface area (Å²) in [6.45, 7) is 4.94. The lowest BCUT2D eigenvalue weighted by Crippen LogP contribution is -2.56. The summed E-state index contributed by atoms with van der Waals surface area (Å²) in [6, 6.07) is 17.3. The van der Waals surface area contributed by atoms with E-state index in [0.717, 1.165) is 16.9 Å². The minimum atomic E-state index is -0.291. The van der Waals surface area contributed by atoms with Crippen molar-refractivity contribution >= 4 is 34.8 Å². The van der Waals surface area contributed by atoms with Crippen LogP contribution in [0.5, 0.6) is 0 Å². The van der Waals surface area contributed by atoms with Crippen molar-refractivity contribution in [2.45, 2.75) is 20.4 Å². The molecule has 3 aromatic rings. The van der Waals surface area contributed by atoms with Crippen molar-refractivity contribution in [1.82, 2.24) is 29.9 Å². The van der Waals surface area contributed by atoms with E-state index in [1.165, 1.54) is 16.1 Å². The zero-order valence-electron chi connectivity index (χ0n) is 19.9. The highest BCUT2D eigenvalue weighted by atomic mass is 32.1. The Kier molecular flexibility index (Phi) is 7.21. The number of hydrogen-bond donors (Lipinski definition) is 3. The summed E-state index contributed by atoms with van der Waals surface area (Å²) in [7, 11) is 1.65. The van der Waals surface area contributed by atoms with Crippen molar-refractivity contribution in [2.75, 3.05) is 18.9 Å². The lowest BCUT2D eigenvalue weighted by molar-refractivity contribution is 0.198. The highest BCUT2D eigenvalue weighted by Crippen LogP contribution is 2.23. The molecule has 0 saturated carbocycles. The molecule has 0 spiro atoms. The maximum absolute atomic E-state index is 12.9. The third-order valence-electron chi connectivity index (χ3n) is 5.47. The lowest BCUT2D eigenvalue weighted by Gasteiger charge is -2.37. The van der Waals surface area contributed by atoms with Gasteiger partial charge in [-0.15, -0.1) is 0 Å². The minimum Gasteiger partial charge on any atom is -0.367 e. The lowest BCUT2D eigenvalue weighted by atomic mass is 10.1. The minimum absolute atomic E-state index is 0.0826. The Balaban J connectivity index is 1.65. The second-order valence-corrected chi connectivity index (χ2v) is 8.99. The predicted molar refractivity (Wildman–Crippen MR) is 140 cm³/mol. The number of hydrogen-bond acceptors (Lipinski definition) is 7. The van der Waals surface area contributed by atoms with Crippen LogP contribution in [-0.4, -0.2) is 55.0 Å². The molecule has 0 atom stereocenters. The van der Waals surface area contributed by atoms with E-state index in [2.05, 4.69) is 20.7 Å². The highest BCUT2D eigenvalue weighted by molar-refractivity contribution is 7.80. The zero-order valence-corrected chi connectivity index (χ0v) is 20.7. The molecule has 1 aromatic heterocycles. The summed E-state index contributed by atoms with van der Waals surface area (Å²) in [4.78, 5) is 20.0. The van der Waals surface area contributed by atoms with E-state index in [4.69, 9.17) is 17.6 Å². The van der Waals surface area contributed by atoms with Crippen LogP contribution in [0.15, 0.2) is 78.6 Å². The summed E-state index contributed by atoms with van der Waals surface area (Å²) >= 11 is 5.64. The number of aromatic nitrogens is 3. The molecule has 9 nitrogen and oxygen atoms in total. The van der Waals surface area contributed by atoms with Gasteiger partial charge in [0.2, 0.25) is 0 Å². The summed E-state index contributed by atoms with van der Waals surface area (Å²) in [6.07, 6.45) is 3.14. The molecule has 35 heavy (non-hydrogen) atoms. The van der Waals surface area contributed by atoms with Crippen molar-refractivity contribution in [3.63, 3.8) is 0 Å². The van der Waals surface area contributed by atoms with Gasteiger partial charge >= 0.3 is 6.03 Å². The molecule has 0 aliphatic carbocycles. The fourth-order valence-electron chi connectivity index (χ4n) is 3.69. The van der Waals surface area contributed by atoms with Gasteiger partial charge in [-0.25, -0.2) is 14.5 Å². The van der Waals surface area contributed by atoms with E-state index in [-0.39, 0.29) is 17.8 Å². The summed E-state index contributed by atoms with van der Waals surface area (Å²) < 4.78 is 1.69. The number of amidine groups is 1. The van der Waals surface area contributed by atoms with E-state index in [1.807, 2.05) is 68.4 Å². The average Bonchev–Trinajstić information content (AvgIpc) is 3.40. The van der Waals surface area contributed by atoms with Crippen LogP contribution in [0.25, 0.3) is 5.69 Å². The fourth-order valence-corrected chi connectivity index (χ4v) is 3.96. The normalized spacial score (nSPS) is 15.6. The standard InChI is InChI=1S/C25H28N8OS/c1-17(2)14-32-22(26)21(24(35)31(3)25(32)34)23(30-19-7-5-4-6-8-19)28-13-18-9-11-20(12-10-18)33-16-27-15-29-33/h4-12,15-17,26,28,30H,13-14H2,1-3H3/b23-21-,26-22?. The zero-order chi connectivity index (χ0) is 24.9. The Morgan fingerprint density at radius 1 is 1.11 bits per heavy atom. The quantitative estimate of drug-likeness (QED) is 0.327. The molecule has 1 aliphatic heterocycles. The van der Waals surface area contributed by atoms with Crippen LogP contribution in [0, 0.1) is 11.3 Å². The second kappa shape index (κ2) is 10.5. The van der Waals surface area contributed by atoms with Gasteiger partial charge in [0.15, 0.2) is 0 Å². The fraction of sp³-hybridized carbons (Fsp3) is 0.240. The average molecular weight is 489 g/mol. The maximum Gasteiger partial charge on any atom is 0.330 e. The number of carbonyl (C=O) groups is 1. The molecule has 180 valence electrons. The largest absolute Gasteiger partial charge is 0.367 e. The van der Waals surface area contributed by atoms with E-state index >= 15 is 0 Å². The van der Waals surface area contributed by atoms with Gasteiger partial charge in [-0.3, -0.25) is 15.2 Å². The maximum atomic E-state index is 12.9. The molecule has 0 bridgehead atoms. The van der Waals surface area contributed by atoms with Crippen LogP contribution in [0.4, 0.5) is 10.5 Å². The molecule has 3 N–H and O–H groups in total. The van der Waals surface area contributed by atoms with E-state index in [1.54, 1.807) is 18.1 Å². The van der Waals surface area contributed by atoms with Gasteiger partial charge in [0.25, 0.3) is 0 Å². The number of carbonyl (C=O) groups excluding carboxylic acids is 1. The molecule has 10 heteroatoms. The molecule has 1 saturated heterocycles. The number of thiocarbonyl (C=S) groups is 1. The number of nitrogens with one attached hydrogen (secondary N) is 3. The predicted octanol–water partition coefficient (Wildman–Crippen LogP) is 4.01. The van der Waals surface area contributed by atoms with Crippen LogP contribution in [0.3, 0.4) is 0 Å². The second-order valence-electron chi connectivity index (χ2n) is 8.60. The Labute approximate surface area is 210 Å². The molecule has 1 fully saturated rings. The molecule has 1 aliphatic rings. The summed E-state index contributed by atoms with van der Waals surface area (Å²) in [5, 5.41) is 19.8. The Hall–Kier alpha value is -4.05. The van der Waals surface area contributed by atoms with Gasteiger partial charge in [-0.2, -0.15) is 5.10 Å². The number of rotatable bonds is 8. The number of benzene rings is 2. The molecule has 0 radical (unpaired) electrons. The SMILES string of the molecule is CC(C)CN1C(=N)/C(=C(\NCc2ccc(-n3cncn3)cc2)Nc2ccccc2)C(=S)N(C)C1=O. The first-order valence-electron chi connectivity index (χ1n) is 11.3. The van der Waals surface area contributed by atoms with Crippen LogP contribution in [-0.2, 0) is 6.54 Å². The highest BCUT2D eigenvalue weighted by Gasteiger charge is 2.37. The molecular weight excluding hydrogens is 460 g/mol. The molecule has 2 aromatic carbocycles. The Morgan fingerprint density at radius 3 is 2.46 bits per heavy atom. The third-order valence-corrected chi connectivity index (χ3v) is 5.95. The number of anilines is 1. The Morgan fingerprint density at radius 2 is 1.83 bits per heavy atom. The Bertz CT molecular complexity index is 1240. The third kappa shape index (κ3) is 5.38. The number of nitrogens with zero attached hydrogens (tertiary/aromatic N) is 5. The van der Waals surface area contributed by atoms with Gasteiger partial charge in [0, 0.05) is 25.8 Å². The van der Waals surface area contributed by atoms with Crippen molar-refractivity contribution < 1.29 is 4.79 Å². The van der Waals surface area contributed by atoms with E-state index < -0.39 is 0 Å². The summed E-state index contributed by atoms with van der Waals surface area (Å²) in [5.41, 5.74) is 3.26. The van der Waals surface area contributed by atoms with Gasteiger partial charge in [0.05, 0.1) is 11.3 Å². The van der Waals surface area contributed by atoms with Crippen molar-refractivity contribution in [3.8, 4) is 5.69 Å². The smallest absolute Gasteiger partial charge is 0.330 e. The number of likely N-dealkylation sites (N-methyl/N-ethyl adjacent to an activating group) is 1. The molecule has 4 rings (SSSR count).